The number of nitrogens with zero attached hydrogens (tertiary/aromatic N) is 1. The Morgan fingerprint density at radius 3 is 2.19 bits per heavy atom. The summed E-state index contributed by atoms with van der Waals surface area (Å²) in [6, 6.07) is 1.77. The Balaban J connectivity index is 1.65. The van der Waals surface area contributed by atoms with Gasteiger partial charge in [-0.1, -0.05) is 0 Å². The number of rotatable bonds is 6. The van der Waals surface area contributed by atoms with Crippen molar-refractivity contribution in [1.82, 2.24) is 9.88 Å². The number of fused-ring (bicyclic) bond motifs is 1. The molecule has 0 amide bonds. The van der Waals surface area contributed by atoms with Crippen molar-refractivity contribution in [3.63, 3.8) is 0 Å². The number of carbonyl (C=O) groups excluding carboxylic acids is 4. The van der Waals surface area contributed by atoms with Crippen molar-refractivity contribution in [3.05, 3.63) is 40.0 Å². The number of carboxylic acids is 1. The third kappa shape index (κ3) is 4.80. The second kappa shape index (κ2) is 10.6. The highest BCUT2D eigenvalue weighted by Crippen LogP contribution is 2.32. The number of halogens is 1. The van der Waals surface area contributed by atoms with E-state index in [1.54, 1.807) is 17.8 Å². The maximum absolute atomic E-state index is 15.0. The average Bonchev–Trinajstić information content (AvgIpc) is 3.19. The van der Waals surface area contributed by atoms with Gasteiger partial charge in [0, 0.05) is 30.2 Å². The topological polar surface area (TPSA) is 135 Å². The number of piperidine rings is 1. The van der Waals surface area contributed by atoms with Gasteiger partial charge in [0.2, 0.25) is 0 Å². The zero-order valence-electron chi connectivity index (χ0n) is 19.4. The number of aromatic nitrogens is 1. The molecule has 0 bridgehead atoms. The molecule has 2 heterocycles. The fourth-order valence-corrected chi connectivity index (χ4v) is 5.29. The summed E-state index contributed by atoms with van der Waals surface area (Å²) >= 11 is 0. The van der Waals surface area contributed by atoms with Crippen LogP contribution in [0.2, 0.25) is 0 Å². The fourth-order valence-electron chi connectivity index (χ4n) is 5.29. The van der Waals surface area contributed by atoms with Crippen molar-refractivity contribution in [3.8, 4) is 0 Å². The molecular weight excluding hydrogens is 469 g/mol. The molecule has 2 aromatic rings. The van der Waals surface area contributed by atoms with Gasteiger partial charge >= 0.3 is 5.97 Å². The zero-order valence-corrected chi connectivity index (χ0v) is 19.4. The van der Waals surface area contributed by atoms with Gasteiger partial charge in [-0.25, -0.2) is 23.6 Å². The first-order chi connectivity index (χ1) is 17.4. The maximum atomic E-state index is 15.0. The highest BCUT2D eigenvalue weighted by Gasteiger charge is 2.28. The van der Waals surface area contributed by atoms with Gasteiger partial charge in [-0.15, -0.1) is 0 Å². The average molecular weight is 493 g/mol. The number of aliphatic carboxylic acids is 1. The summed E-state index contributed by atoms with van der Waals surface area (Å²) in [5.74, 6) is 5.98. The van der Waals surface area contributed by atoms with Crippen LogP contribution in [0, 0.1) is 17.7 Å². The Kier molecular flexibility index (Phi) is 7.35. The van der Waals surface area contributed by atoms with Gasteiger partial charge in [-0.3, -0.25) is 4.79 Å². The SMILES string of the molecule is O=C=C1CCC(n2c(=C=O)c3cc(F)c(NCC4CCC(CC(=O)O)CC4)cc3c2=C=O)C(=C=O)N1. The number of carbonyl (C=O) groups is 1. The third-order valence-electron chi connectivity index (χ3n) is 7.13. The van der Waals surface area contributed by atoms with E-state index in [9.17, 15) is 24.0 Å². The van der Waals surface area contributed by atoms with Crippen LogP contribution in [0.1, 0.15) is 51.0 Å². The van der Waals surface area contributed by atoms with Crippen LogP contribution in [-0.2, 0) is 24.0 Å². The summed E-state index contributed by atoms with van der Waals surface area (Å²) in [5.41, 5.74) is 0.259. The fraction of sp³-hybridized carbons (Fsp3) is 0.423. The molecule has 1 saturated carbocycles. The minimum Gasteiger partial charge on any atom is -0.481 e. The molecule has 1 aromatic carbocycles. The lowest BCUT2D eigenvalue weighted by atomic mass is 9.80. The van der Waals surface area contributed by atoms with Gasteiger partial charge in [-0.2, -0.15) is 0 Å². The Labute approximate surface area is 204 Å². The van der Waals surface area contributed by atoms with Crippen molar-refractivity contribution >= 4 is 46.2 Å². The first-order valence-corrected chi connectivity index (χ1v) is 11.8. The molecule has 1 aliphatic carbocycles. The molecule has 10 heteroatoms. The first-order valence-electron chi connectivity index (χ1n) is 11.8. The van der Waals surface area contributed by atoms with E-state index >= 15 is 4.39 Å². The number of hydrogen-bond acceptors (Lipinski definition) is 7. The molecule has 1 atom stereocenters. The second-order valence-electron chi connectivity index (χ2n) is 9.29. The predicted molar refractivity (Wildman–Crippen MR) is 127 cm³/mol. The lowest BCUT2D eigenvalue weighted by molar-refractivity contribution is -0.138. The van der Waals surface area contributed by atoms with E-state index in [-0.39, 0.29) is 69.7 Å². The van der Waals surface area contributed by atoms with Gasteiger partial charge < -0.3 is 20.3 Å². The first kappa shape index (κ1) is 24.9. The lowest BCUT2D eigenvalue weighted by Crippen LogP contribution is -2.39. The molecule has 0 radical (unpaired) electrons. The van der Waals surface area contributed by atoms with Crippen molar-refractivity contribution in [2.45, 2.75) is 51.0 Å². The van der Waals surface area contributed by atoms with Crippen molar-refractivity contribution in [2.24, 2.45) is 11.8 Å². The molecule has 1 aromatic heterocycles. The van der Waals surface area contributed by atoms with Crippen LogP contribution in [0.15, 0.2) is 23.5 Å². The van der Waals surface area contributed by atoms with Crippen LogP contribution >= 0.6 is 0 Å². The van der Waals surface area contributed by atoms with E-state index in [0.717, 1.165) is 31.7 Å². The summed E-state index contributed by atoms with van der Waals surface area (Å²) in [6.45, 7) is 0.473. The highest BCUT2D eigenvalue weighted by atomic mass is 19.1. The number of anilines is 1. The summed E-state index contributed by atoms with van der Waals surface area (Å²) in [4.78, 5) is 57.4. The molecule has 3 N–H and O–H groups in total. The summed E-state index contributed by atoms with van der Waals surface area (Å²) < 4.78 is 16.3. The van der Waals surface area contributed by atoms with Crippen LogP contribution in [0.3, 0.4) is 0 Å². The van der Waals surface area contributed by atoms with Crippen LogP contribution in [-0.4, -0.2) is 46.0 Å². The standard InChI is InChI=1S/C26H24FN3O6/c27-20-8-18-19(9-21(20)28-10-16-3-1-15(2-4-16)7-26(35)36)25(14-34)30(24(18)13-33)23-6-5-17(11-31)29-22(23)12-32/h8-9,15-16,23,28-29H,1-7,10H2,(H,35,36). The van der Waals surface area contributed by atoms with Gasteiger partial charge in [0.05, 0.1) is 11.7 Å². The molecule has 2 fully saturated rings. The summed E-state index contributed by atoms with van der Waals surface area (Å²) in [5, 5.41) is 15.0. The van der Waals surface area contributed by atoms with Crippen LogP contribution in [0.5, 0.6) is 0 Å². The monoisotopic (exact) mass is 493 g/mol. The lowest BCUT2D eigenvalue weighted by Gasteiger charge is -2.28. The number of benzene rings is 1. The largest absolute Gasteiger partial charge is 0.481 e. The quantitative estimate of drug-likeness (QED) is 0.504. The number of nitrogens with one attached hydrogen (secondary N) is 2. The molecule has 1 saturated heterocycles. The molecule has 1 aliphatic heterocycles. The molecule has 9 nitrogen and oxygen atoms in total. The number of carboxylic acid groups (broad SMARTS) is 1. The third-order valence-corrected chi connectivity index (χ3v) is 7.13. The van der Waals surface area contributed by atoms with Crippen LogP contribution in [0.25, 0.3) is 10.8 Å². The molecule has 2 aliphatic rings. The van der Waals surface area contributed by atoms with Gasteiger partial charge in [0.1, 0.15) is 39.8 Å². The Hall–Kier alpha value is -4.18. The molecule has 186 valence electrons. The Bertz CT molecular complexity index is 1480. The van der Waals surface area contributed by atoms with Gasteiger partial charge in [-0.05, 0) is 56.1 Å². The molecule has 36 heavy (non-hydrogen) atoms. The maximum Gasteiger partial charge on any atom is 0.303 e. The van der Waals surface area contributed by atoms with Gasteiger partial charge in [0.15, 0.2) is 11.9 Å². The second-order valence-corrected chi connectivity index (χ2v) is 9.29. The Morgan fingerprint density at radius 2 is 1.61 bits per heavy atom. The predicted octanol–water partition coefficient (Wildman–Crippen LogP) is 0.835. The van der Waals surface area contributed by atoms with Gasteiger partial charge in [0.25, 0.3) is 0 Å². The van der Waals surface area contributed by atoms with E-state index < -0.39 is 17.8 Å². The molecule has 1 unspecified atom stereocenters. The number of hydrogen-bond donors (Lipinski definition) is 3. The molecule has 4 rings (SSSR count). The normalized spacial score (nSPS) is 21.6. The zero-order chi connectivity index (χ0) is 25.8. The van der Waals surface area contributed by atoms with E-state index in [0.29, 0.717) is 6.54 Å². The summed E-state index contributed by atoms with van der Waals surface area (Å²) in [6.07, 6.45) is 3.85. The van der Waals surface area contributed by atoms with Crippen molar-refractivity contribution in [1.29, 1.82) is 0 Å². The van der Waals surface area contributed by atoms with E-state index in [2.05, 4.69) is 10.6 Å². The molecular formula is C26H24FN3O6. The summed E-state index contributed by atoms with van der Waals surface area (Å²) in [7, 11) is 0. The van der Waals surface area contributed by atoms with Crippen molar-refractivity contribution in [2.75, 3.05) is 11.9 Å². The van der Waals surface area contributed by atoms with Crippen LogP contribution < -0.4 is 21.3 Å². The number of allylic oxidation sites excluding steroid dienone is 2. The molecule has 0 spiro atoms. The smallest absolute Gasteiger partial charge is 0.303 e. The van der Waals surface area contributed by atoms with E-state index in [1.165, 1.54) is 10.6 Å². The Morgan fingerprint density at radius 1 is 0.972 bits per heavy atom. The van der Waals surface area contributed by atoms with Crippen LogP contribution in [0.4, 0.5) is 10.1 Å². The van der Waals surface area contributed by atoms with E-state index in [4.69, 9.17) is 5.11 Å². The minimum atomic E-state index is -0.819. The van der Waals surface area contributed by atoms with Crippen molar-refractivity contribution < 1.29 is 33.5 Å². The van der Waals surface area contributed by atoms with E-state index in [1.807, 2.05) is 5.94 Å². The highest BCUT2D eigenvalue weighted by molar-refractivity contribution is 5.91. The minimum absolute atomic E-state index is 0.0429.